The molecule has 0 radical (unpaired) electrons. The average molecular weight is 244 g/mol. The van der Waals surface area contributed by atoms with E-state index in [1.807, 2.05) is 6.20 Å². The molecule has 1 aromatic carbocycles. The fourth-order valence-corrected chi connectivity index (χ4v) is 2.52. The zero-order valence-corrected chi connectivity index (χ0v) is 10.8. The molecule has 0 saturated carbocycles. The Hall–Kier alpha value is -1.32. The minimum atomic E-state index is 0.225. The lowest BCUT2D eigenvalue weighted by atomic mass is 9.92. The van der Waals surface area contributed by atoms with E-state index in [2.05, 4.69) is 41.5 Å². The number of aromatic nitrogens is 1. The topological polar surface area (TPSA) is 37.0 Å². The highest BCUT2D eigenvalue weighted by atomic mass is 16.5. The maximum atomic E-state index is 5.42. The number of ether oxygens (including phenoxy) is 1. The lowest BCUT2D eigenvalue weighted by Crippen LogP contribution is -2.46. The van der Waals surface area contributed by atoms with Crippen molar-refractivity contribution in [3.8, 4) is 0 Å². The van der Waals surface area contributed by atoms with Crippen molar-refractivity contribution >= 4 is 10.9 Å². The molecule has 3 nitrogen and oxygen atoms in total. The Morgan fingerprint density at radius 3 is 2.94 bits per heavy atom. The van der Waals surface area contributed by atoms with E-state index in [9.17, 15) is 0 Å². The number of H-pyrrole nitrogens is 1. The van der Waals surface area contributed by atoms with E-state index in [0.717, 1.165) is 32.6 Å². The molecule has 2 N–H and O–H groups in total. The summed E-state index contributed by atoms with van der Waals surface area (Å²) in [6.07, 6.45) is 4.18. The van der Waals surface area contributed by atoms with Crippen LogP contribution in [0.25, 0.3) is 10.9 Å². The van der Waals surface area contributed by atoms with E-state index in [4.69, 9.17) is 4.74 Å². The molecule has 96 valence electrons. The summed E-state index contributed by atoms with van der Waals surface area (Å²) < 4.78 is 5.42. The second-order valence-corrected chi connectivity index (χ2v) is 5.43. The van der Waals surface area contributed by atoms with E-state index in [0.29, 0.717) is 0 Å². The summed E-state index contributed by atoms with van der Waals surface area (Å²) in [5.74, 6) is 0. The highest BCUT2D eigenvalue weighted by Crippen LogP contribution is 2.21. The lowest BCUT2D eigenvalue weighted by molar-refractivity contribution is 0.0446. The second kappa shape index (κ2) is 4.75. The van der Waals surface area contributed by atoms with Crippen molar-refractivity contribution in [3.63, 3.8) is 0 Å². The minimum absolute atomic E-state index is 0.225. The van der Waals surface area contributed by atoms with Crippen LogP contribution in [0.1, 0.15) is 25.3 Å². The van der Waals surface area contributed by atoms with E-state index in [-0.39, 0.29) is 5.54 Å². The molecule has 0 atom stereocenters. The Kier molecular flexibility index (Phi) is 3.10. The molecule has 0 unspecified atom stereocenters. The van der Waals surface area contributed by atoms with E-state index in [1.54, 1.807) is 0 Å². The lowest BCUT2D eigenvalue weighted by Gasteiger charge is -2.34. The first-order chi connectivity index (χ1) is 8.75. The molecule has 2 aromatic rings. The molecule has 0 amide bonds. The maximum absolute atomic E-state index is 5.42. The van der Waals surface area contributed by atoms with Gasteiger partial charge in [0.2, 0.25) is 0 Å². The smallest absolute Gasteiger partial charge is 0.0483 e. The number of rotatable bonds is 3. The van der Waals surface area contributed by atoms with Crippen LogP contribution in [0.4, 0.5) is 0 Å². The third-order valence-electron chi connectivity index (χ3n) is 3.94. The molecular weight excluding hydrogens is 224 g/mol. The van der Waals surface area contributed by atoms with Crippen molar-refractivity contribution in [2.75, 3.05) is 13.2 Å². The van der Waals surface area contributed by atoms with Gasteiger partial charge >= 0.3 is 0 Å². The van der Waals surface area contributed by atoms with Crippen LogP contribution in [0.5, 0.6) is 0 Å². The van der Waals surface area contributed by atoms with Crippen LogP contribution in [0, 0.1) is 0 Å². The summed E-state index contributed by atoms with van der Waals surface area (Å²) in [5, 5.41) is 4.95. The van der Waals surface area contributed by atoms with Crippen LogP contribution < -0.4 is 5.32 Å². The number of nitrogens with one attached hydrogen (secondary N) is 2. The number of fused-ring (bicyclic) bond motifs is 1. The molecule has 1 aliphatic rings. The summed E-state index contributed by atoms with van der Waals surface area (Å²) in [6, 6.07) is 8.71. The average Bonchev–Trinajstić information content (AvgIpc) is 2.85. The number of hydrogen-bond donors (Lipinski definition) is 2. The summed E-state index contributed by atoms with van der Waals surface area (Å²) in [4.78, 5) is 3.26. The molecule has 1 aromatic heterocycles. The van der Waals surface area contributed by atoms with Crippen LogP contribution in [-0.4, -0.2) is 23.7 Å². The van der Waals surface area contributed by atoms with Crippen molar-refractivity contribution in [2.45, 2.75) is 31.8 Å². The van der Waals surface area contributed by atoms with Crippen molar-refractivity contribution in [2.24, 2.45) is 0 Å². The van der Waals surface area contributed by atoms with Gasteiger partial charge in [-0.3, -0.25) is 0 Å². The van der Waals surface area contributed by atoms with Gasteiger partial charge in [0.1, 0.15) is 0 Å². The predicted octanol–water partition coefficient (Wildman–Crippen LogP) is 2.83. The van der Waals surface area contributed by atoms with Gasteiger partial charge < -0.3 is 15.0 Å². The van der Waals surface area contributed by atoms with Gasteiger partial charge in [-0.25, -0.2) is 0 Å². The molecule has 3 rings (SSSR count). The molecular formula is C15H20N2O. The van der Waals surface area contributed by atoms with Gasteiger partial charge in [-0.15, -0.1) is 0 Å². The van der Waals surface area contributed by atoms with Crippen LogP contribution in [0.2, 0.25) is 0 Å². The number of hydrogen-bond acceptors (Lipinski definition) is 2. The fourth-order valence-electron chi connectivity index (χ4n) is 2.52. The van der Waals surface area contributed by atoms with Crippen molar-refractivity contribution < 1.29 is 4.74 Å². The highest BCUT2D eigenvalue weighted by Gasteiger charge is 2.26. The van der Waals surface area contributed by atoms with Crippen LogP contribution >= 0.6 is 0 Å². The molecule has 0 aliphatic carbocycles. The highest BCUT2D eigenvalue weighted by molar-refractivity contribution is 5.79. The SMILES string of the molecule is CC1(NCc2ccc3cc[nH]c3c2)CCOCC1. The predicted molar refractivity (Wildman–Crippen MR) is 73.6 cm³/mol. The standard InChI is InChI=1S/C15H20N2O/c1-15(5-8-18-9-6-15)17-11-12-2-3-13-4-7-16-14(13)10-12/h2-4,7,10,16-17H,5-6,8-9,11H2,1H3. The Morgan fingerprint density at radius 2 is 2.11 bits per heavy atom. The summed E-state index contributed by atoms with van der Waals surface area (Å²) >= 11 is 0. The molecule has 1 fully saturated rings. The maximum Gasteiger partial charge on any atom is 0.0483 e. The van der Waals surface area contributed by atoms with Gasteiger partial charge in [-0.1, -0.05) is 12.1 Å². The normalized spacial score (nSPS) is 19.2. The van der Waals surface area contributed by atoms with Gasteiger partial charge in [0, 0.05) is 37.0 Å². The van der Waals surface area contributed by atoms with Gasteiger partial charge in [0.15, 0.2) is 0 Å². The molecule has 18 heavy (non-hydrogen) atoms. The van der Waals surface area contributed by atoms with Gasteiger partial charge in [-0.2, -0.15) is 0 Å². The largest absolute Gasteiger partial charge is 0.381 e. The van der Waals surface area contributed by atoms with Gasteiger partial charge in [-0.05, 0) is 42.8 Å². The first-order valence-electron chi connectivity index (χ1n) is 6.64. The monoisotopic (exact) mass is 244 g/mol. The summed E-state index contributed by atoms with van der Waals surface area (Å²) in [6.45, 7) is 4.96. The minimum Gasteiger partial charge on any atom is -0.381 e. The van der Waals surface area contributed by atoms with Crippen molar-refractivity contribution in [1.29, 1.82) is 0 Å². The van der Waals surface area contributed by atoms with E-state index >= 15 is 0 Å². The van der Waals surface area contributed by atoms with Gasteiger partial charge in [0.05, 0.1) is 0 Å². The zero-order chi connectivity index (χ0) is 12.4. The van der Waals surface area contributed by atoms with Crippen LogP contribution in [0.15, 0.2) is 30.5 Å². The molecule has 1 saturated heterocycles. The first kappa shape index (κ1) is 11.8. The summed E-state index contributed by atoms with van der Waals surface area (Å²) in [7, 11) is 0. The number of benzene rings is 1. The van der Waals surface area contributed by atoms with Crippen LogP contribution in [0.3, 0.4) is 0 Å². The second-order valence-electron chi connectivity index (χ2n) is 5.43. The Morgan fingerprint density at radius 1 is 1.28 bits per heavy atom. The Balaban J connectivity index is 1.68. The Bertz CT molecular complexity index is 526. The van der Waals surface area contributed by atoms with Gasteiger partial charge in [0.25, 0.3) is 0 Å². The zero-order valence-electron chi connectivity index (χ0n) is 10.8. The van der Waals surface area contributed by atoms with Crippen LogP contribution in [-0.2, 0) is 11.3 Å². The molecule has 2 heterocycles. The molecule has 0 bridgehead atoms. The molecule has 1 aliphatic heterocycles. The van der Waals surface area contributed by atoms with Crippen molar-refractivity contribution in [3.05, 3.63) is 36.0 Å². The first-order valence-corrected chi connectivity index (χ1v) is 6.64. The molecule has 0 spiro atoms. The quantitative estimate of drug-likeness (QED) is 0.871. The van der Waals surface area contributed by atoms with E-state index < -0.39 is 0 Å². The fraction of sp³-hybridized carbons (Fsp3) is 0.467. The third kappa shape index (κ3) is 2.42. The van der Waals surface area contributed by atoms with E-state index in [1.165, 1.54) is 16.5 Å². The number of aromatic amines is 1. The van der Waals surface area contributed by atoms with Crippen molar-refractivity contribution in [1.82, 2.24) is 10.3 Å². The third-order valence-corrected chi connectivity index (χ3v) is 3.94. The molecule has 3 heteroatoms. The summed E-state index contributed by atoms with van der Waals surface area (Å²) in [5.41, 5.74) is 2.77. The Labute approximate surface area is 108 Å².